The van der Waals surface area contributed by atoms with Crippen LogP contribution in [-0.2, 0) is 14.4 Å². The van der Waals surface area contributed by atoms with Crippen molar-refractivity contribution in [3.63, 3.8) is 0 Å². The quantitative estimate of drug-likeness (QED) is 0.0597. The van der Waals surface area contributed by atoms with E-state index in [1.807, 2.05) is 4.90 Å². The van der Waals surface area contributed by atoms with E-state index in [-0.39, 0.29) is 24.7 Å². The van der Waals surface area contributed by atoms with Crippen molar-refractivity contribution in [1.82, 2.24) is 10.2 Å². The highest BCUT2D eigenvalue weighted by Gasteiger charge is 2.26. The van der Waals surface area contributed by atoms with Crippen LogP contribution in [0.15, 0.2) is 0 Å². The average molecular weight is 860 g/mol. The molecule has 0 heterocycles. The van der Waals surface area contributed by atoms with E-state index in [1.54, 1.807) is 0 Å². The van der Waals surface area contributed by atoms with Crippen molar-refractivity contribution in [2.45, 2.75) is 322 Å². The zero-order valence-corrected chi connectivity index (χ0v) is 41.8. The van der Waals surface area contributed by atoms with Crippen molar-refractivity contribution in [2.24, 2.45) is 5.73 Å². The topological polar surface area (TPSA) is 92.5 Å². The molecule has 3 amide bonds. The van der Waals surface area contributed by atoms with Gasteiger partial charge in [-0.1, -0.05) is 278 Å². The lowest BCUT2D eigenvalue weighted by Gasteiger charge is -2.28. The van der Waals surface area contributed by atoms with Gasteiger partial charge in [-0.3, -0.25) is 14.4 Å². The molecule has 0 fully saturated rings. The van der Waals surface area contributed by atoms with Gasteiger partial charge >= 0.3 is 0 Å². The van der Waals surface area contributed by atoms with Gasteiger partial charge in [0.15, 0.2) is 0 Å². The molecule has 0 aromatic rings. The van der Waals surface area contributed by atoms with E-state index in [0.717, 1.165) is 51.6 Å². The SMILES string of the molecule is CCCCCCCCCCCCCCCCCC(=O)N[C@@H](CCC(N)=O)C(=O)N(CCCCCCCCCCCCCCCC)CCCCCCCCCCCCCCCC. The molecule has 0 aliphatic rings. The van der Waals surface area contributed by atoms with Gasteiger partial charge in [0.25, 0.3) is 0 Å². The summed E-state index contributed by atoms with van der Waals surface area (Å²) in [6.07, 6.45) is 57.0. The Morgan fingerprint density at radius 2 is 0.607 bits per heavy atom. The zero-order valence-electron chi connectivity index (χ0n) is 41.8. The highest BCUT2D eigenvalue weighted by molar-refractivity contribution is 5.88. The molecule has 0 bridgehead atoms. The van der Waals surface area contributed by atoms with Crippen molar-refractivity contribution in [3.05, 3.63) is 0 Å². The van der Waals surface area contributed by atoms with Gasteiger partial charge in [0.05, 0.1) is 0 Å². The highest BCUT2D eigenvalue weighted by Crippen LogP contribution is 2.18. The largest absolute Gasteiger partial charge is 0.370 e. The van der Waals surface area contributed by atoms with Gasteiger partial charge in [-0.05, 0) is 25.7 Å². The maximum atomic E-state index is 14.1. The first-order valence-corrected chi connectivity index (χ1v) is 27.8. The van der Waals surface area contributed by atoms with Gasteiger partial charge in [-0.15, -0.1) is 0 Å². The first-order valence-electron chi connectivity index (χ1n) is 27.8. The average Bonchev–Trinajstić information content (AvgIpc) is 3.25. The number of primary amides is 1. The second-order valence-electron chi connectivity index (χ2n) is 19.3. The summed E-state index contributed by atoms with van der Waals surface area (Å²) >= 11 is 0. The van der Waals surface area contributed by atoms with E-state index < -0.39 is 11.9 Å². The summed E-state index contributed by atoms with van der Waals surface area (Å²) in [5, 5.41) is 3.07. The summed E-state index contributed by atoms with van der Waals surface area (Å²) in [5.41, 5.74) is 5.56. The molecule has 0 spiro atoms. The van der Waals surface area contributed by atoms with Crippen LogP contribution < -0.4 is 11.1 Å². The van der Waals surface area contributed by atoms with Crippen molar-refractivity contribution in [2.75, 3.05) is 13.1 Å². The normalized spacial score (nSPS) is 11.9. The Labute approximate surface area is 382 Å². The third-order valence-electron chi connectivity index (χ3n) is 13.2. The van der Waals surface area contributed by atoms with Crippen molar-refractivity contribution >= 4 is 17.7 Å². The Bertz CT molecular complexity index is 894. The van der Waals surface area contributed by atoms with E-state index in [2.05, 4.69) is 26.1 Å². The molecule has 0 rings (SSSR count). The fraction of sp³-hybridized carbons (Fsp3) is 0.945. The molecule has 6 heteroatoms. The minimum atomic E-state index is -0.672. The van der Waals surface area contributed by atoms with Crippen molar-refractivity contribution in [3.8, 4) is 0 Å². The van der Waals surface area contributed by atoms with Crippen molar-refractivity contribution < 1.29 is 14.4 Å². The lowest BCUT2D eigenvalue weighted by molar-refractivity contribution is -0.137. The minimum Gasteiger partial charge on any atom is -0.370 e. The van der Waals surface area contributed by atoms with Crippen LogP contribution in [-0.4, -0.2) is 41.8 Å². The van der Waals surface area contributed by atoms with Gasteiger partial charge in [0.1, 0.15) is 6.04 Å². The summed E-state index contributed by atoms with van der Waals surface area (Å²) in [6.45, 7) is 8.31. The number of nitrogens with one attached hydrogen (secondary N) is 1. The summed E-state index contributed by atoms with van der Waals surface area (Å²) in [4.78, 5) is 41.1. The third kappa shape index (κ3) is 44.8. The highest BCUT2D eigenvalue weighted by atomic mass is 16.2. The molecule has 3 N–H and O–H groups in total. The number of hydrogen-bond donors (Lipinski definition) is 2. The molecule has 362 valence electrons. The van der Waals surface area contributed by atoms with Crippen LogP contribution in [0.1, 0.15) is 316 Å². The fourth-order valence-corrected chi connectivity index (χ4v) is 9.01. The van der Waals surface area contributed by atoms with Gasteiger partial charge in [-0.2, -0.15) is 0 Å². The molecule has 0 aliphatic heterocycles. The maximum absolute atomic E-state index is 14.1. The minimum absolute atomic E-state index is 0.0181. The summed E-state index contributed by atoms with van der Waals surface area (Å²) in [7, 11) is 0. The molecule has 0 aromatic heterocycles. The zero-order chi connectivity index (χ0) is 44.5. The number of rotatable bonds is 51. The van der Waals surface area contributed by atoms with E-state index in [4.69, 9.17) is 5.73 Å². The number of carbonyl (C=O) groups is 3. The summed E-state index contributed by atoms with van der Waals surface area (Å²) in [5.74, 6) is -0.499. The molecule has 0 saturated carbocycles. The third-order valence-corrected chi connectivity index (χ3v) is 13.2. The number of nitrogens with zero attached hydrogens (tertiary/aromatic N) is 1. The van der Waals surface area contributed by atoms with Gasteiger partial charge in [-0.25, -0.2) is 0 Å². The van der Waals surface area contributed by atoms with Crippen LogP contribution in [0.25, 0.3) is 0 Å². The Morgan fingerprint density at radius 1 is 0.361 bits per heavy atom. The van der Waals surface area contributed by atoms with Crippen LogP contribution in [0, 0.1) is 0 Å². The van der Waals surface area contributed by atoms with Crippen LogP contribution in [0.2, 0.25) is 0 Å². The lowest BCUT2D eigenvalue weighted by atomic mass is 10.0. The molecular formula is C55H109N3O3. The van der Waals surface area contributed by atoms with Gasteiger partial charge in [0, 0.05) is 25.9 Å². The second-order valence-corrected chi connectivity index (χ2v) is 19.3. The first-order chi connectivity index (χ1) is 30.0. The molecule has 0 aliphatic carbocycles. The Morgan fingerprint density at radius 3 is 0.869 bits per heavy atom. The standard InChI is InChI=1S/C55H109N3O3/c1-4-7-10-13-16-19-22-25-28-29-32-35-38-41-44-47-54(60)57-52(48-49-53(56)59)55(61)58(50-45-42-39-36-33-30-26-23-20-17-14-11-8-5-2)51-46-43-40-37-34-31-27-24-21-18-15-12-9-6-3/h52H,4-51H2,1-3H3,(H2,56,59)(H,57,60)/t52-/m0/s1. The summed E-state index contributed by atoms with van der Waals surface area (Å²) < 4.78 is 0. The first kappa shape index (κ1) is 59.4. The van der Waals surface area contributed by atoms with E-state index in [1.165, 1.54) is 238 Å². The molecule has 61 heavy (non-hydrogen) atoms. The van der Waals surface area contributed by atoms with E-state index >= 15 is 0 Å². The molecule has 1 atom stereocenters. The molecular weight excluding hydrogens is 751 g/mol. The van der Waals surface area contributed by atoms with Crippen LogP contribution in [0.5, 0.6) is 0 Å². The second kappa shape index (κ2) is 49.4. The maximum Gasteiger partial charge on any atom is 0.245 e. The lowest BCUT2D eigenvalue weighted by Crippen LogP contribution is -2.49. The molecule has 0 unspecified atom stereocenters. The number of amides is 3. The van der Waals surface area contributed by atoms with E-state index in [9.17, 15) is 14.4 Å². The fourth-order valence-electron chi connectivity index (χ4n) is 9.01. The number of nitrogens with two attached hydrogens (primary N) is 1. The van der Waals surface area contributed by atoms with Crippen LogP contribution in [0.3, 0.4) is 0 Å². The Hall–Kier alpha value is -1.59. The predicted octanol–water partition coefficient (Wildman–Crippen LogP) is 16.8. The smallest absolute Gasteiger partial charge is 0.245 e. The van der Waals surface area contributed by atoms with Crippen molar-refractivity contribution in [1.29, 1.82) is 0 Å². The van der Waals surface area contributed by atoms with Gasteiger partial charge in [0.2, 0.25) is 17.7 Å². The monoisotopic (exact) mass is 860 g/mol. The van der Waals surface area contributed by atoms with Crippen LogP contribution in [0.4, 0.5) is 0 Å². The number of hydrogen-bond acceptors (Lipinski definition) is 3. The Balaban J connectivity index is 4.70. The molecule has 0 saturated heterocycles. The number of carbonyl (C=O) groups excluding carboxylic acids is 3. The molecule has 0 aromatic carbocycles. The predicted molar refractivity (Wildman–Crippen MR) is 267 cm³/mol. The number of unbranched alkanes of at least 4 members (excludes halogenated alkanes) is 40. The molecule has 0 radical (unpaired) electrons. The Kier molecular flexibility index (Phi) is 48.1. The van der Waals surface area contributed by atoms with Gasteiger partial charge < -0.3 is 16.0 Å². The summed E-state index contributed by atoms with van der Waals surface area (Å²) in [6, 6.07) is -0.672. The molecule has 6 nitrogen and oxygen atoms in total. The van der Waals surface area contributed by atoms with E-state index in [0.29, 0.717) is 6.42 Å². The van der Waals surface area contributed by atoms with Crippen LogP contribution >= 0.6 is 0 Å².